The van der Waals surface area contributed by atoms with Gasteiger partial charge in [0, 0.05) is 24.2 Å². The largest absolute Gasteiger partial charge is 0.384 e. The Morgan fingerprint density at radius 3 is 2.53 bits per heavy atom. The third-order valence-electron chi connectivity index (χ3n) is 4.01. The molecule has 3 heteroatoms. The molecule has 0 saturated heterocycles. The Morgan fingerprint density at radius 2 is 2.00 bits per heavy atom. The molecule has 0 bridgehead atoms. The van der Waals surface area contributed by atoms with Gasteiger partial charge in [-0.2, -0.15) is 11.8 Å². The lowest BCUT2D eigenvalue weighted by molar-refractivity contribution is 0.166. The number of nitrogens with one attached hydrogen (secondary N) is 1. The van der Waals surface area contributed by atoms with Crippen molar-refractivity contribution in [3.8, 4) is 0 Å². The second kappa shape index (κ2) is 7.01. The number of hydrogen-bond donors (Lipinski definition) is 1. The van der Waals surface area contributed by atoms with Crippen LogP contribution < -0.4 is 5.32 Å². The van der Waals surface area contributed by atoms with Gasteiger partial charge in [0.2, 0.25) is 0 Å². The predicted molar refractivity (Wildman–Crippen MR) is 77.8 cm³/mol. The first kappa shape index (κ1) is 15.3. The standard InChI is InChI=1S/C14H29NOS/c1-14(2,3)11-6-7-12(15-4)13(10-11)17-9-8-16-5/h11-13,15H,6-10H2,1-5H3. The van der Waals surface area contributed by atoms with Crippen molar-refractivity contribution >= 4 is 11.8 Å². The van der Waals surface area contributed by atoms with Gasteiger partial charge in [0.15, 0.2) is 0 Å². The molecule has 0 aliphatic heterocycles. The van der Waals surface area contributed by atoms with E-state index in [4.69, 9.17) is 4.74 Å². The average molecular weight is 259 g/mol. The van der Waals surface area contributed by atoms with Crippen molar-refractivity contribution in [1.82, 2.24) is 5.32 Å². The van der Waals surface area contributed by atoms with E-state index >= 15 is 0 Å². The van der Waals surface area contributed by atoms with Gasteiger partial charge in [-0.1, -0.05) is 20.8 Å². The predicted octanol–water partition coefficient (Wildman–Crippen LogP) is 3.17. The molecule has 17 heavy (non-hydrogen) atoms. The van der Waals surface area contributed by atoms with Gasteiger partial charge in [-0.3, -0.25) is 0 Å². The van der Waals surface area contributed by atoms with Crippen LogP contribution in [0.1, 0.15) is 40.0 Å². The molecule has 0 radical (unpaired) electrons. The van der Waals surface area contributed by atoms with E-state index in [0.29, 0.717) is 11.5 Å². The Balaban J connectivity index is 2.49. The first-order valence-electron chi connectivity index (χ1n) is 6.76. The molecular weight excluding hydrogens is 230 g/mol. The first-order valence-corrected chi connectivity index (χ1v) is 7.81. The summed E-state index contributed by atoms with van der Waals surface area (Å²) in [4.78, 5) is 0. The van der Waals surface area contributed by atoms with Crippen molar-refractivity contribution in [3.63, 3.8) is 0 Å². The summed E-state index contributed by atoms with van der Waals surface area (Å²) in [5.74, 6) is 1.99. The van der Waals surface area contributed by atoms with E-state index in [0.717, 1.165) is 23.5 Å². The molecule has 0 spiro atoms. The molecular formula is C14H29NOS. The fourth-order valence-corrected chi connectivity index (χ4v) is 4.15. The molecule has 0 aromatic heterocycles. The topological polar surface area (TPSA) is 21.3 Å². The molecule has 0 aromatic rings. The highest BCUT2D eigenvalue weighted by Crippen LogP contribution is 2.41. The van der Waals surface area contributed by atoms with Crippen LogP contribution in [0.2, 0.25) is 0 Å². The lowest BCUT2D eigenvalue weighted by Crippen LogP contribution is -2.43. The van der Waals surface area contributed by atoms with Crippen LogP contribution in [0.3, 0.4) is 0 Å². The molecule has 2 nitrogen and oxygen atoms in total. The highest BCUT2D eigenvalue weighted by molar-refractivity contribution is 8.00. The Labute approximate surface area is 111 Å². The van der Waals surface area contributed by atoms with E-state index in [1.807, 2.05) is 0 Å². The van der Waals surface area contributed by atoms with E-state index in [-0.39, 0.29) is 0 Å². The smallest absolute Gasteiger partial charge is 0.0553 e. The molecule has 1 rings (SSSR count). The summed E-state index contributed by atoms with van der Waals surface area (Å²) in [5, 5.41) is 4.25. The van der Waals surface area contributed by atoms with E-state index in [1.165, 1.54) is 19.3 Å². The molecule has 0 heterocycles. The van der Waals surface area contributed by atoms with Crippen LogP contribution in [0.15, 0.2) is 0 Å². The van der Waals surface area contributed by atoms with Gasteiger partial charge < -0.3 is 10.1 Å². The Morgan fingerprint density at radius 1 is 1.29 bits per heavy atom. The second-order valence-corrected chi connectivity index (χ2v) is 7.52. The fourth-order valence-electron chi connectivity index (χ4n) is 2.71. The zero-order chi connectivity index (χ0) is 12.9. The molecule has 1 saturated carbocycles. The van der Waals surface area contributed by atoms with Gasteiger partial charge in [0.25, 0.3) is 0 Å². The summed E-state index contributed by atoms with van der Waals surface area (Å²) in [7, 11) is 3.89. The van der Waals surface area contributed by atoms with Crippen molar-refractivity contribution < 1.29 is 4.74 Å². The number of methoxy groups -OCH3 is 1. The molecule has 102 valence electrons. The highest BCUT2D eigenvalue weighted by atomic mass is 32.2. The summed E-state index contributed by atoms with van der Waals surface area (Å²) in [6.45, 7) is 8.02. The van der Waals surface area contributed by atoms with Gasteiger partial charge in [-0.25, -0.2) is 0 Å². The van der Waals surface area contributed by atoms with Crippen LogP contribution >= 0.6 is 11.8 Å². The Hall–Kier alpha value is 0.270. The maximum absolute atomic E-state index is 5.15. The summed E-state index contributed by atoms with van der Waals surface area (Å²) in [6.07, 6.45) is 4.04. The fraction of sp³-hybridized carbons (Fsp3) is 1.00. The van der Waals surface area contributed by atoms with Crippen molar-refractivity contribution in [2.24, 2.45) is 11.3 Å². The zero-order valence-corrected chi connectivity index (χ0v) is 12.9. The normalized spacial score (nSPS) is 30.5. The van der Waals surface area contributed by atoms with E-state index in [2.05, 4.69) is 44.9 Å². The zero-order valence-electron chi connectivity index (χ0n) is 12.1. The number of hydrogen-bond acceptors (Lipinski definition) is 3. The average Bonchev–Trinajstić information content (AvgIpc) is 2.28. The van der Waals surface area contributed by atoms with Crippen LogP contribution in [0.25, 0.3) is 0 Å². The van der Waals surface area contributed by atoms with Gasteiger partial charge in [0.1, 0.15) is 0 Å². The van der Waals surface area contributed by atoms with Crippen molar-refractivity contribution in [3.05, 3.63) is 0 Å². The highest BCUT2D eigenvalue weighted by Gasteiger charge is 2.35. The summed E-state index contributed by atoms with van der Waals surface area (Å²) >= 11 is 2.09. The van der Waals surface area contributed by atoms with Crippen LogP contribution in [0.4, 0.5) is 0 Å². The minimum absolute atomic E-state index is 0.457. The molecule has 1 aliphatic rings. The summed E-state index contributed by atoms with van der Waals surface area (Å²) in [5.41, 5.74) is 0.457. The molecule has 1 fully saturated rings. The monoisotopic (exact) mass is 259 g/mol. The van der Waals surface area contributed by atoms with Crippen molar-refractivity contribution in [2.45, 2.75) is 51.3 Å². The lowest BCUT2D eigenvalue weighted by Gasteiger charge is -2.41. The Kier molecular flexibility index (Phi) is 6.32. The van der Waals surface area contributed by atoms with Crippen molar-refractivity contribution in [1.29, 1.82) is 0 Å². The minimum Gasteiger partial charge on any atom is -0.384 e. The number of rotatable bonds is 5. The minimum atomic E-state index is 0.457. The van der Waals surface area contributed by atoms with Gasteiger partial charge in [-0.15, -0.1) is 0 Å². The van der Waals surface area contributed by atoms with Gasteiger partial charge in [0.05, 0.1) is 6.61 Å². The SMILES string of the molecule is CNC1CCC(C(C)(C)C)CC1SCCOC. The third kappa shape index (κ3) is 4.80. The Bertz CT molecular complexity index is 215. The quantitative estimate of drug-likeness (QED) is 0.766. The number of ether oxygens (including phenoxy) is 1. The molecule has 1 aliphatic carbocycles. The molecule has 0 aromatic carbocycles. The lowest BCUT2D eigenvalue weighted by atomic mass is 9.71. The summed E-state index contributed by atoms with van der Waals surface area (Å²) < 4.78 is 5.15. The van der Waals surface area contributed by atoms with Crippen LogP contribution in [-0.2, 0) is 4.74 Å². The van der Waals surface area contributed by atoms with Crippen LogP contribution in [-0.4, -0.2) is 37.8 Å². The molecule has 3 atom stereocenters. The maximum atomic E-state index is 5.15. The molecule has 3 unspecified atom stereocenters. The van der Waals surface area contributed by atoms with E-state index in [9.17, 15) is 0 Å². The van der Waals surface area contributed by atoms with Gasteiger partial charge >= 0.3 is 0 Å². The maximum Gasteiger partial charge on any atom is 0.0553 e. The molecule has 0 amide bonds. The third-order valence-corrected chi connectivity index (χ3v) is 5.36. The van der Waals surface area contributed by atoms with Crippen molar-refractivity contribution in [2.75, 3.05) is 26.5 Å². The van der Waals surface area contributed by atoms with E-state index < -0.39 is 0 Å². The second-order valence-electron chi connectivity index (χ2n) is 6.17. The van der Waals surface area contributed by atoms with Gasteiger partial charge in [-0.05, 0) is 37.6 Å². The molecule has 1 N–H and O–H groups in total. The number of thioether (sulfide) groups is 1. The summed E-state index contributed by atoms with van der Waals surface area (Å²) in [6, 6.07) is 0.690. The van der Waals surface area contributed by atoms with E-state index in [1.54, 1.807) is 7.11 Å². The van der Waals surface area contributed by atoms with Crippen LogP contribution in [0, 0.1) is 11.3 Å². The first-order chi connectivity index (χ1) is 7.99. The van der Waals surface area contributed by atoms with Crippen LogP contribution in [0.5, 0.6) is 0 Å².